The summed E-state index contributed by atoms with van der Waals surface area (Å²) in [6, 6.07) is 15.9. The molecule has 1 nitrogen and oxygen atoms in total. The second-order valence-corrected chi connectivity index (χ2v) is 7.58. The van der Waals surface area contributed by atoms with Gasteiger partial charge in [0.05, 0.1) is 0 Å². The normalized spacial score (nSPS) is 11.0. The van der Waals surface area contributed by atoms with Crippen LogP contribution in [0.15, 0.2) is 42.5 Å². The number of hydrogen-bond acceptors (Lipinski definition) is 1. The molecule has 1 unspecified atom stereocenters. The van der Waals surface area contributed by atoms with Crippen molar-refractivity contribution < 1.29 is 5.11 Å². The third-order valence-corrected chi connectivity index (χ3v) is 4.92. The molecule has 0 aliphatic heterocycles. The van der Waals surface area contributed by atoms with Crippen LogP contribution in [0, 0.1) is 6.92 Å². The molecule has 0 fully saturated rings. The highest BCUT2D eigenvalue weighted by Gasteiger charge is 2.11. The SMILES string of the molecule is CC.CCC.CCCCc1ccc(-c2ccc(C(CCC)CCO)cc2)c(C)c1. The summed E-state index contributed by atoms with van der Waals surface area (Å²) in [4.78, 5) is 0. The minimum Gasteiger partial charge on any atom is -0.396 e. The van der Waals surface area contributed by atoms with Gasteiger partial charge in [-0.1, -0.05) is 103 Å². The highest BCUT2D eigenvalue weighted by molar-refractivity contribution is 5.67. The van der Waals surface area contributed by atoms with Gasteiger partial charge in [0.1, 0.15) is 0 Å². The summed E-state index contributed by atoms with van der Waals surface area (Å²) in [6.07, 6.45) is 8.09. The van der Waals surface area contributed by atoms with Crippen LogP contribution in [0.25, 0.3) is 11.1 Å². The molecule has 29 heavy (non-hydrogen) atoms. The predicted molar refractivity (Wildman–Crippen MR) is 132 cm³/mol. The van der Waals surface area contributed by atoms with Crippen molar-refractivity contribution in [3.63, 3.8) is 0 Å². The average Bonchev–Trinajstić information content (AvgIpc) is 2.74. The van der Waals surface area contributed by atoms with E-state index in [1.165, 1.54) is 53.5 Å². The summed E-state index contributed by atoms with van der Waals surface area (Å²) in [5.74, 6) is 0.478. The van der Waals surface area contributed by atoms with E-state index in [1.54, 1.807) is 0 Å². The molecule has 0 aliphatic rings. The van der Waals surface area contributed by atoms with Crippen molar-refractivity contribution in [2.24, 2.45) is 0 Å². The van der Waals surface area contributed by atoms with Crippen LogP contribution in [0.3, 0.4) is 0 Å². The van der Waals surface area contributed by atoms with Gasteiger partial charge in [-0.2, -0.15) is 0 Å². The molecule has 1 atom stereocenters. The second-order valence-electron chi connectivity index (χ2n) is 7.58. The largest absolute Gasteiger partial charge is 0.396 e. The monoisotopic (exact) mass is 398 g/mol. The predicted octanol–water partition coefficient (Wildman–Crippen LogP) is 8.71. The molecule has 2 rings (SSSR count). The van der Waals surface area contributed by atoms with Crippen molar-refractivity contribution in [2.75, 3.05) is 6.61 Å². The first kappa shape index (κ1) is 27.4. The van der Waals surface area contributed by atoms with Crippen molar-refractivity contribution >= 4 is 0 Å². The Bertz CT molecular complexity index is 621. The van der Waals surface area contributed by atoms with Crippen molar-refractivity contribution in [3.8, 4) is 11.1 Å². The molecule has 0 spiro atoms. The van der Waals surface area contributed by atoms with E-state index in [0.717, 1.165) is 19.3 Å². The van der Waals surface area contributed by atoms with Crippen LogP contribution in [-0.4, -0.2) is 11.7 Å². The molecule has 1 heteroatoms. The van der Waals surface area contributed by atoms with Gasteiger partial charge in [0.25, 0.3) is 0 Å². The Hall–Kier alpha value is -1.60. The minimum atomic E-state index is 0.269. The maximum atomic E-state index is 9.28. The zero-order valence-electron chi connectivity index (χ0n) is 20.2. The molecule has 164 valence electrons. The Kier molecular flexibility index (Phi) is 16.3. The van der Waals surface area contributed by atoms with Gasteiger partial charge in [-0.25, -0.2) is 0 Å². The van der Waals surface area contributed by atoms with Gasteiger partial charge in [-0.15, -0.1) is 0 Å². The molecule has 0 bridgehead atoms. The van der Waals surface area contributed by atoms with Crippen molar-refractivity contribution in [2.45, 2.75) is 99.3 Å². The standard InChI is InChI=1S/C23H32O.C3H8.C2H6/c1-4-6-8-19-9-14-23(18(3)17-19)22-12-10-21(11-13-22)20(7-5-2)15-16-24;1-3-2;1-2/h9-14,17,20,24H,4-8,15-16H2,1-3H3;3H2,1-2H3;1-2H3. The minimum absolute atomic E-state index is 0.269. The van der Waals surface area contributed by atoms with Crippen molar-refractivity contribution in [3.05, 3.63) is 59.2 Å². The topological polar surface area (TPSA) is 20.2 Å². The Morgan fingerprint density at radius 2 is 1.45 bits per heavy atom. The lowest BCUT2D eigenvalue weighted by Crippen LogP contribution is -2.01. The number of unbranched alkanes of at least 4 members (excludes halogenated alkanes) is 1. The number of rotatable bonds is 9. The lowest BCUT2D eigenvalue weighted by molar-refractivity contribution is 0.272. The molecule has 0 amide bonds. The Morgan fingerprint density at radius 1 is 0.828 bits per heavy atom. The molecule has 1 N–H and O–H groups in total. The average molecular weight is 399 g/mol. The van der Waals surface area contributed by atoms with Crippen LogP contribution in [0.2, 0.25) is 0 Å². The van der Waals surface area contributed by atoms with E-state index in [0.29, 0.717) is 5.92 Å². The molecule has 0 heterocycles. The van der Waals surface area contributed by atoms with Crippen LogP contribution >= 0.6 is 0 Å². The van der Waals surface area contributed by atoms with E-state index in [1.807, 2.05) is 13.8 Å². The highest BCUT2D eigenvalue weighted by atomic mass is 16.3. The lowest BCUT2D eigenvalue weighted by Gasteiger charge is -2.16. The zero-order chi connectivity index (χ0) is 22.1. The maximum Gasteiger partial charge on any atom is 0.0436 e. The van der Waals surface area contributed by atoms with Gasteiger partial charge < -0.3 is 5.11 Å². The Morgan fingerprint density at radius 3 is 1.93 bits per heavy atom. The van der Waals surface area contributed by atoms with Gasteiger partial charge in [-0.05, 0) is 66.3 Å². The van der Waals surface area contributed by atoms with Gasteiger partial charge in [0.15, 0.2) is 0 Å². The second kappa shape index (κ2) is 17.3. The van der Waals surface area contributed by atoms with Gasteiger partial charge >= 0.3 is 0 Å². The first-order valence-corrected chi connectivity index (χ1v) is 11.9. The summed E-state index contributed by atoms with van der Waals surface area (Å²) in [7, 11) is 0. The number of hydrogen-bond donors (Lipinski definition) is 1. The smallest absolute Gasteiger partial charge is 0.0436 e. The number of aliphatic hydroxyl groups is 1. The summed E-state index contributed by atoms with van der Waals surface area (Å²) in [6.45, 7) is 15.2. The van der Waals surface area contributed by atoms with Crippen LogP contribution in [-0.2, 0) is 6.42 Å². The molecule has 0 aliphatic carbocycles. The van der Waals surface area contributed by atoms with Gasteiger partial charge in [0, 0.05) is 6.61 Å². The molecule has 0 saturated heterocycles. The van der Waals surface area contributed by atoms with E-state index in [9.17, 15) is 5.11 Å². The first-order valence-electron chi connectivity index (χ1n) is 11.9. The van der Waals surface area contributed by atoms with E-state index in [-0.39, 0.29) is 6.61 Å². The number of aryl methyl sites for hydroxylation is 2. The van der Waals surface area contributed by atoms with Crippen LogP contribution in [0.4, 0.5) is 0 Å². The van der Waals surface area contributed by atoms with Crippen LogP contribution < -0.4 is 0 Å². The van der Waals surface area contributed by atoms with E-state index in [2.05, 4.69) is 77.1 Å². The fraction of sp³-hybridized carbons (Fsp3) is 0.571. The van der Waals surface area contributed by atoms with E-state index in [4.69, 9.17) is 0 Å². The molecular formula is C28H46O. The Balaban J connectivity index is 0.00000143. The first-order chi connectivity index (χ1) is 14.1. The fourth-order valence-corrected chi connectivity index (χ4v) is 3.50. The molecule has 0 saturated carbocycles. The fourth-order valence-electron chi connectivity index (χ4n) is 3.50. The highest BCUT2D eigenvalue weighted by Crippen LogP contribution is 2.29. The summed E-state index contributed by atoms with van der Waals surface area (Å²) < 4.78 is 0. The number of benzene rings is 2. The van der Waals surface area contributed by atoms with Crippen LogP contribution in [0.5, 0.6) is 0 Å². The maximum absolute atomic E-state index is 9.28. The van der Waals surface area contributed by atoms with E-state index < -0.39 is 0 Å². The quantitative estimate of drug-likeness (QED) is 0.447. The van der Waals surface area contributed by atoms with Crippen LogP contribution in [0.1, 0.15) is 103 Å². The Labute approximate surface area is 181 Å². The zero-order valence-corrected chi connectivity index (χ0v) is 20.2. The van der Waals surface area contributed by atoms with E-state index >= 15 is 0 Å². The molecule has 2 aromatic carbocycles. The van der Waals surface area contributed by atoms with Gasteiger partial charge in [-0.3, -0.25) is 0 Å². The molecule has 2 aromatic rings. The molecule has 0 aromatic heterocycles. The van der Waals surface area contributed by atoms with Gasteiger partial charge in [0.2, 0.25) is 0 Å². The third kappa shape index (κ3) is 10.1. The summed E-state index contributed by atoms with van der Waals surface area (Å²) in [5, 5.41) is 9.28. The van der Waals surface area contributed by atoms with Crippen molar-refractivity contribution in [1.82, 2.24) is 0 Å². The molecular weight excluding hydrogens is 352 g/mol. The summed E-state index contributed by atoms with van der Waals surface area (Å²) >= 11 is 0. The summed E-state index contributed by atoms with van der Waals surface area (Å²) in [5.41, 5.74) is 6.78. The van der Waals surface area contributed by atoms with Crippen molar-refractivity contribution in [1.29, 1.82) is 0 Å². The molecule has 0 radical (unpaired) electrons. The lowest BCUT2D eigenvalue weighted by atomic mass is 9.89. The third-order valence-electron chi connectivity index (χ3n) is 4.92. The number of aliphatic hydroxyl groups excluding tert-OH is 1.